The van der Waals surface area contributed by atoms with E-state index in [1.165, 1.54) is 0 Å². The molecule has 0 bridgehead atoms. The summed E-state index contributed by atoms with van der Waals surface area (Å²) in [6.07, 6.45) is 1.89. The Kier molecular flexibility index (Phi) is 13.0. The lowest BCUT2D eigenvalue weighted by Crippen LogP contribution is -2.48. The van der Waals surface area contributed by atoms with E-state index in [-0.39, 0.29) is 30.1 Å². The van der Waals surface area contributed by atoms with Crippen LogP contribution in [0.1, 0.15) is 47.5 Å². The van der Waals surface area contributed by atoms with Crippen LogP contribution in [0.4, 0.5) is 4.79 Å². The van der Waals surface area contributed by atoms with Crippen LogP contribution in [0.15, 0.2) is 4.99 Å². The van der Waals surface area contributed by atoms with Crippen molar-refractivity contribution in [2.75, 3.05) is 53.0 Å². The maximum Gasteiger partial charge on any atom is 0.410 e. The van der Waals surface area contributed by atoms with E-state index >= 15 is 0 Å². The standard InChI is InChI=1S/C19H38N4O3.HI/c1-7-20-17(21-11-14-25-6)23-12-9-16(10-13-23)15-22(8-2)18(24)26-19(3,4)5;/h16H,7-15H2,1-6H3,(H,20,21);1H. The topological polar surface area (TPSA) is 66.4 Å². The van der Waals surface area contributed by atoms with E-state index in [0.29, 0.717) is 25.6 Å². The molecule has 1 fully saturated rings. The number of nitrogens with zero attached hydrogens (tertiary/aromatic N) is 3. The van der Waals surface area contributed by atoms with Gasteiger partial charge in [0.2, 0.25) is 0 Å². The first-order valence-corrected chi connectivity index (χ1v) is 9.80. The summed E-state index contributed by atoms with van der Waals surface area (Å²) in [5, 5.41) is 3.36. The van der Waals surface area contributed by atoms with Crippen LogP contribution in [0, 0.1) is 5.92 Å². The van der Waals surface area contributed by atoms with Gasteiger partial charge in [-0.05, 0) is 53.4 Å². The molecule has 0 aromatic heterocycles. The fraction of sp³-hybridized carbons (Fsp3) is 0.895. The van der Waals surface area contributed by atoms with Crippen molar-refractivity contribution >= 4 is 36.0 Å². The number of methoxy groups -OCH3 is 1. The molecule has 0 saturated carbocycles. The van der Waals surface area contributed by atoms with Gasteiger partial charge in [0, 0.05) is 39.8 Å². The first kappa shape index (κ1) is 26.2. The van der Waals surface area contributed by atoms with Crippen LogP contribution in [0.25, 0.3) is 0 Å². The lowest BCUT2D eigenvalue weighted by molar-refractivity contribution is 0.0214. The molecule has 0 atom stereocenters. The maximum absolute atomic E-state index is 12.3. The summed E-state index contributed by atoms with van der Waals surface area (Å²) in [7, 11) is 1.69. The van der Waals surface area contributed by atoms with E-state index in [1.807, 2.05) is 32.6 Å². The molecule has 1 rings (SSSR count). The summed E-state index contributed by atoms with van der Waals surface area (Å²) in [6.45, 7) is 15.3. The number of nitrogens with one attached hydrogen (secondary N) is 1. The number of piperidine rings is 1. The molecule has 1 saturated heterocycles. The van der Waals surface area contributed by atoms with Gasteiger partial charge in [-0.3, -0.25) is 4.99 Å². The monoisotopic (exact) mass is 498 g/mol. The van der Waals surface area contributed by atoms with Crippen LogP contribution in [-0.4, -0.2) is 80.4 Å². The number of hydrogen-bond acceptors (Lipinski definition) is 4. The Hall–Kier alpha value is -0.770. The Balaban J connectivity index is 0.00000676. The van der Waals surface area contributed by atoms with Gasteiger partial charge in [0.15, 0.2) is 5.96 Å². The van der Waals surface area contributed by atoms with Gasteiger partial charge in [-0.25, -0.2) is 4.79 Å². The van der Waals surface area contributed by atoms with Gasteiger partial charge in [0.1, 0.15) is 5.60 Å². The fourth-order valence-corrected chi connectivity index (χ4v) is 2.97. The number of aliphatic imine (C=N–C) groups is 1. The molecule has 0 unspecified atom stereocenters. The minimum Gasteiger partial charge on any atom is -0.444 e. The van der Waals surface area contributed by atoms with Gasteiger partial charge in [-0.1, -0.05) is 0 Å². The molecule has 160 valence electrons. The third kappa shape index (κ3) is 10.4. The minimum absolute atomic E-state index is 0. The number of ether oxygens (including phenoxy) is 2. The van der Waals surface area contributed by atoms with Crippen LogP contribution >= 0.6 is 24.0 Å². The number of halogens is 1. The molecule has 1 aliphatic heterocycles. The Labute approximate surface area is 182 Å². The predicted octanol–water partition coefficient (Wildman–Crippen LogP) is 3.19. The summed E-state index contributed by atoms with van der Waals surface area (Å²) in [6, 6.07) is 0. The number of amides is 1. The molecule has 27 heavy (non-hydrogen) atoms. The van der Waals surface area contributed by atoms with Gasteiger partial charge in [-0.15, -0.1) is 24.0 Å². The van der Waals surface area contributed by atoms with Crippen LogP contribution in [-0.2, 0) is 9.47 Å². The maximum atomic E-state index is 12.3. The second-order valence-corrected chi connectivity index (χ2v) is 7.68. The summed E-state index contributed by atoms with van der Waals surface area (Å²) < 4.78 is 10.6. The Morgan fingerprint density at radius 3 is 2.37 bits per heavy atom. The van der Waals surface area contributed by atoms with Gasteiger partial charge in [0.05, 0.1) is 13.2 Å². The van der Waals surface area contributed by atoms with Crippen molar-refractivity contribution in [3.63, 3.8) is 0 Å². The summed E-state index contributed by atoms with van der Waals surface area (Å²) >= 11 is 0. The zero-order valence-corrected chi connectivity index (χ0v) is 20.2. The predicted molar refractivity (Wildman–Crippen MR) is 121 cm³/mol. The Morgan fingerprint density at radius 2 is 1.89 bits per heavy atom. The number of guanidine groups is 1. The highest BCUT2D eigenvalue weighted by atomic mass is 127. The van der Waals surface area contributed by atoms with Crippen molar-refractivity contribution in [3.8, 4) is 0 Å². The third-order valence-electron chi connectivity index (χ3n) is 4.32. The highest BCUT2D eigenvalue weighted by Crippen LogP contribution is 2.20. The SMILES string of the molecule is CCNC(=NCCOC)N1CCC(CN(CC)C(=O)OC(C)(C)C)CC1.I. The molecule has 0 aromatic rings. The van der Waals surface area contributed by atoms with Crippen LogP contribution in [0.2, 0.25) is 0 Å². The normalized spacial score (nSPS) is 15.9. The van der Waals surface area contributed by atoms with Gasteiger partial charge in [0.25, 0.3) is 0 Å². The molecule has 8 heteroatoms. The summed E-state index contributed by atoms with van der Waals surface area (Å²) in [5.41, 5.74) is -0.451. The number of carbonyl (C=O) groups is 1. The van der Waals surface area contributed by atoms with E-state index in [2.05, 4.69) is 22.1 Å². The number of rotatable bonds is 7. The van der Waals surface area contributed by atoms with E-state index in [0.717, 1.165) is 45.0 Å². The number of likely N-dealkylation sites (tertiary alicyclic amines) is 1. The molecule has 0 aliphatic carbocycles. The second kappa shape index (κ2) is 13.4. The van der Waals surface area contributed by atoms with Crippen LogP contribution in [0.5, 0.6) is 0 Å². The van der Waals surface area contributed by atoms with Crippen molar-refractivity contribution < 1.29 is 14.3 Å². The molecule has 1 N–H and O–H groups in total. The molecule has 0 spiro atoms. The second-order valence-electron chi connectivity index (χ2n) is 7.68. The van der Waals surface area contributed by atoms with E-state index < -0.39 is 5.60 Å². The first-order valence-electron chi connectivity index (χ1n) is 9.80. The molecule has 1 heterocycles. The van der Waals surface area contributed by atoms with Crippen molar-refractivity contribution in [2.45, 2.75) is 53.1 Å². The largest absolute Gasteiger partial charge is 0.444 e. The zero-order valence-electron chi connectivity index (χ0n) is 17.9. The molecule has 7 nitrogen and oxygen atoms in total. The molecule has 0 radical (unpaired) electrons. The van der Waals surface area contributed by atoms with Crippen LogP contribution in [0.3, 0.4) is 0 Å². The molecular weight excluding hydrogens is 459 g/mol. The van der Waals surface area contributed by atoms with Gasteiger partial charge < -0.3 is 24.6 Å². The molecule has 0 aromatic carbocycles. The smallest absolute Gasteiger partial charge is 0.410 e. The van der Waals surface area contributed by atoms with Crippen LogP contribution < -0.4 is 5.32 Å². The highest BCUT2D eigenvalue weighted by molar-refractivity contribution is 14.0. The van der Waals surface area contributed by atoms with Crippen molar-refractivity contribution in [1.82, 2.24) is 15.1 Å². The van der Waals surface area contributed by atoms with Crippen molar-refractivity contribution in [1.29, 1.82) is 0 Å². The lowest BCUT2D eigenvalue weighted by Gasteiger charge is -2.36. The van der Waals surface area contributed by atoms with Gasteiger partial charge in [-0.2, -0.15) is 0 Å². The van der Waals surface area contributed by atoms with Crippen molar-refractivity contribution in [3.05, 3.63) is 0 Å². The Bertz CT molecular complexity index is 447. The quantitative estimate of drug-likeness (QED) is 0.253. The molecule has 1 aliphatic rings. The van der Waals surface area contributed by atoms with Crippen molar-refractivity contribution in [2.24, 2.45) is 10.9 Å². The molecule has 1 amide bonds. The average molecular weight is 498 g/mol. The third-order valence-corrected chi connectivity index (χ3v) is 4.32. The molecular formula is C19H39IN4O3. The summed E-state index contributed by atoms with van der Waals surface area (Å²) in [5.74, 6) is 1.46. The number of carbonyl (C=O) groups excluding carboxylic acids is 1. The van der Waals surface area contributed by atoms with E-state index in [4.69, 9.17) is 9.47 Å². The zero-order chi connectivity index (χ0) is 19.6. The highest BCUT2D eigenvalue weighted by Gasteiger charge is 2.27. The number of hydrogen-bond donors (Lipinski definition) is 1. The Morgan fingerprint density at radius 1 is 1.26 bits per heavy atom. The average Bonchev–Trinajstić information content (AvgIpc) is 2.58. The fourth-order valence-electron chi connectivity index (χ4n) is 2.97. The van der Waals surface area contributed by atoms with E-state index in [1.54, 1.807) is 7.11 Å². The van der Waals surface area contributed by atoms with Gasteiger partial charge >= 0.3 is 6.09 Å². The minimum atomic E-state index is -0.451. The summed E-state index contributed by atoms with van der Waals surface area (Å²) in [4.78, 5) is 21.1. The van der Waals surface area contributed by atoms with E-state index in [9.17, 15) is 4.79 Å². The lowest BCUT2D eigenvalue weighted by atomic mass is 9.96. The first-order chi connectivity index (χ1) is 12.3.